The molecule has 9 heteroatoms. The SMILES string of the molecule is O=C(NC(CO)C(=O)N1CCOCC1)c1cc(O)cc(CN2CCOCC2)c1. The van der Waals surface area contributed by atoms with Gasteiger partial charge in [-0.25, -0.2) is 0 Å². The molecular formula is C19H27N3O6. The van der Waals surface area contributed by atoms with Crippen LogP contribution in [0.3, 0.4) is 0 Å². The number of hydrogen-bond donors (Lipinski definition) is 3. The van der Waals surface area contributed by atoms with E-state index in [1.54, 1.807) is 17.0 Å². The predicted molar refractivity (Wildman–Crippen MR) is 99.9 cm³/mol. The molecule has 0 bridgehead atoms. The van der Waals surface area contributed by atoms with Crippen LogP contribution in [0.2, 0.25) is 0 Å². The van der Waals surface area contributed by atoms with Gasteiger partial charge in [-0.1, -0.05) is 0 Å². The van der Waals surface area contributed by atoms with Crippen LogP contribution in [-0.4, -0.2) is 97.1 Å². The Morgan fingerprint density at radius 3 is 2.32 bits per heavy atom. The van der Waals surface area contributed by atoms with Gasteiger partial charge in [-0.3, -0.25) is 14.5 Å². The summed E-state index contributed by atoms with van der Waals surface area (Å²) in [5, 5.41) is 22.2. The summed E-state index contributed by atoms with van der Waals surface area (Å²) < 4.78 is 10.5. The molecule has 1 atom stereocenters. The Hall–Kier alpha value is -2.20. The lowest BCUT2D eigenvalue weighted by Gasteiger charge is -2.30. The summed E-state index contributed by atoms with van der Waals surface area (Å²) in [4.78, 5) is 28.9. The standard InChI is InChI=1S/C19H27N3O6/c23-13-17(19(26)22-3-7-28-8-4-22)20-18(25)15-9-14(10-16(24)11-15)12-21-1-5-27-6-2-21/h9-11,17,23-24H,1-8,12-13H2,(H,20,25). The third kappa shape index (κ3) is 5.41. The van der Waals surface area contributed by atoms with Crippen molar-refractivity contribution in [2.45, 2.75) is 12.6 Å². The number of phenols is 1. The highest BCUT2D eigenvalue weighted by Gasteiger charge is 2.27. The molecule has 3 N–H and O–H groups in total. The summed E-state index contributed by atoms with van der Waals surface area (Å²) in [6, 6.07) is 3.63. The van der Waals surface area contributed by atoms with Crippen LogP contribution in [-0.2, 0) is 20.8 Å². The van der Waals surface area contributed by atoms with Crippen molar-refractivity contribution in [3.05, 3.63) is 29.3 Å². The number of aromatic hydroxyl groups is 1. The van der Waals surface area contributed by atoms with Crippen molar-refractivity contribution in [2.24, 2.45) is 0 Å². The lowest BCUT2D eigenvalue weighted by molar-refractivity contribution is -0.138. The number of aliphatic hydroxyl groups excluding tert-OH is 1. The minimum Gasteiger partial charge on any atom is -0.508 e. The van der Waals surface area contributed by atoms with Crippen LogP contribution in [0.5, 0.6) is 5.75 Å². The van der Waals surface area contributed by atoms with Gasteiger partial charge in [0.2, 0.25) is 5.91 Å². The summed E-state index contributed by atoms with van der Waals surface area (Å²) in [5.41, 5.74) is 1.04. The van der Waals surface area contributed by atoms with Gasteiger partial charge in [0.1, 0.15) is 11.8 Å². The largest absolute Gasteiger partial charge is 0.508 e. The first kappa shape index (κ1) is 20.5. The van der Waals surface area contributed by atoms with Gasteiger partial charge >= 0.3 is 0 Å². The number of amides is 2. The number of nitrogens with one attached hydrogen (secondary N) is 1. The van der Waals surface area contributed by atoms with Crippen molar-refractivity contribution in [1.29, 1.82) is 0 Å². The van der Waals surface area contributed by atoms with Crippen molar-refractivity contribution in [2.75, 3.05) is 59.2 Å². The first-order chi connectivity index (χ1) is 13.6. The molecule has 1 aromatic carbocycles. The van der Waals surface area contributed by atoms with Crippen molar-refractivity contribution in [3.63, 3.8) is 0 Å². The Bertz CT molecular complexity index is 686. The molecule has 1 unspecified atom stereocenters. The van der Waals surface area contributed by atoms with Gasteiger partial charge in [-0.05, 0) is 23.8 Å². The lowest BCUT2D eigenvalue weighted by atomic mass is 10.1. The maximum absolute atomic E-state index is 12.6. The maximum Gasteiger partial charge on any atom is 0.252 e. The molecule has 28 heavy (non-hydrogen) atoms. The molecule has 2 saturated heterocycles. The van der Waals surface area contributed by atoms with E-state index in [4.69, 9.17) is 9.47 Å². The average molecular weight is 393 g/mol. The molecule has 2 aliphatic heterocycles. The highest BCUT2D eigenvalue weighted by atomic mass is 16.5. The number of morpholine rings is 2. The van der Waals surface area contributed by atoms with Crippen LogP contribution >= 0.6 is 0 Å². The van der Waals surface area contributed by atoms with Crippen molar-refractivity contribution in [3.8, 4) is 5.75 Å². The zero-order chi connectivity index (χ0) is 19.9. The fourth-order valence-corrected chi connectivity index (χ4v) is 3.35. The van der Waals surface area contributed by atoms with E-state index in [0.29, 0.717) is 46.1 Å². The fraction of sp³-hybridized carbons (Fsp3) is 0.579. The topological polar surface area (TPSA) is 112 Å². The van der Waals surface area contributed by atoms with E-state index < -0.39 is 18.6 Å². The predicted octanol–water partition coefficient (Wildman–Crippen LogP) is -0.826. The van der Waals surface area contributed by atoms with E-state index in [9.17, 15) is 19.8 Å². The molecular weight excluding hydrogens is 366 g/mol. The van der Waals surface area contributed by atoms with E-state index in [0.717, 1.165) is 18.7 Å². The zero-order valence-electron chi connectivity index (χ0n) is 15.8. The minimum absolute atomic E-state index is 0.0176. The van der Waals surface area contributed by atoms with Gasteiger partial charge in [-0.2, -0.15) is 0 Å². The monoisotopic (exact) mass is 393 g/mol. The Labute approximate surface area is 163 Å². The number of benzene rings is 1. The number of carbonyl (C=O) groups excluding carboxylic acids is 2. The average Bonchev–Trinajstić information content (AvgIpc) is 2.72. The molecule has 2 fully saturated rings. The van der Waals surface area contributed by atoms with Gasteiger partial charge < -0.3 is 29.9 Å². The quantitative estimate of drug-likeness (QED) is 0.579. The highest BCUT2D eigenvalue weighted by Crippen LogP contribution is 2.18. The number of carbonyl (C=O) groups is 2. The van der Waals surface area contributed by atoms with E-state index in [1.165, 1.54) is 6.07 Å². The molecule has 0 radical (unpaired) electrons. The third-order valence-electron chi connectivity index (χ3n) is 4.86. The zero-order valence-corrected chi connectivity index (χ0v) is 15.8. The van der Waals surface area contributed by atoms with Crippen LogP contribution in [0.1, 0.15) is 15.9 Å². The number of rotatable bonds is 6. The van der Waals surface area contributed by atoms with E-state index in [1.807, 2.05) is 0 Å². The minimum atomic E-state index is -1.03. The summed E-state index contributed by atoms with van der Waals surface area (Å²) in [7, 11) is 0. The number of nitrogens with zero attached hydrogens (tertiary/aromatic N) is 2. The van der Waals surface area contributed by atoms with Gasteiger partial charge in [0.05, 0.1) is 33.0 Å². The number of hydrogen-bond acceptors (Lipinski definition) is 7. The number of ether oxygens (including phenoxy) is 2. The second-order valence-electron chi connectivity index (χ2n) is 6.92. The van der Waals surface area contributed by atoms with Gasteiger partial charge in [0.15, 0.2) is 0 Å². The van der Waals surface area contributed by atoms with Crippen LogP contribution < -0.4 is 5.32 Å². The Balaban J connectivity index is 1.65. The van der Waals surface area contributed by atoms with Crippen molar-refractivity contribution in [1.82, 2.24) is 15.1 Å². The summed E-state index contributed by atoms with van der Waals surface area (Å²) in [6.07, 6.45) is 0. The fourth-order valence-electron chi connectivity index (χ4n) is 3.35. The van der Waals surface area contributed by atoms with Gasteiger partial charge in [-0.15, -0.1) is 0 Å². The summed E-state index contributed by atoms with van der Waals surface area (Å²) in [6.45, 7) is 4.74. The first-order valence-corrected chi connectivity index (χ1v) is 9.48. The van der Waals surface area contributed by atoms with Crippen LogP contribution in [0.4, 0.5) is 0 Å². The molecule has 0 spiro atoms. The molecule has 154 valence electrons. The number of phenolic OH excluding ortho intramolecular Hbond substituents is 1. The van der Waals surface area contributed by atoms with Gasteiger partial charge in [0.25, 0.3) is 5.91 Å². The molecule has 0 saturated carbocycles. The smallest absolute Gasteiger partial charge is 0.252 e. The summed E-state index contributed by atoms with van der Waals surface area (Å²) in [5.74, 6) is -0.872. The molecule has 2 heterocycles. The molecule has 2 amide bonds. The lowest BCUT2D eigenvalue weighted by Crippen LogP contribution is -2.53. The summed E-state index contributed by atoms with van der Waals surface area (Å²) >= 11 is 0. The molecule has 1 aromatic rings. The maximum atomic E-state index is 12.6. The normalized spacial score (nSPS) is 19.2. The highest BCUT2D eigenvalue weighted by molar-refractivity contribution is 5.98. The second-order valence-corrected chi connectivity index (χ2v) is 6.92. The third-order valence-corrected chi connectivity index (χ3v) is 4.86. The van der Waals surface area contributed by atoms with Crippen LogP contribution in [0.15, 0.2) is 18.2 Å². The molecule has 3 rings (SSSR count). The molecule has 2 aliphatic rings. The van der Waals surface area contributed by atoms with E-state index in [-0.39, 0.29) is 17.2 Å². The first-order valence-electron chi connectivity index (χ1n) is 9.48. The van der Waals surface area contributed by atoms with Crippen LogP contribution in [0, 0.1) is 0 Å². The second kappa shape index (κ2) is 9.83. The van der Waals surface area contributed by atoms with E-state index in [2.05, 4.69) is 10.2 Å². The Morgan fingerprint density at radius 2 is 1.68 bits per heavy atom. The molecule has 0 aromatic heterocycles. The van der Waals surface area contributed by atoms with Crippen molar-refractivity contribution >= 4 is 11.8 Å². The Morgan fingerprint density at radius 1 is 1.04 bits per heavy atom. The van der Waals surface area contributed by atoms with E-state index >= 15 is 0 Å². The van der Waals surface area contributed by atoms with Crippen molar-refractivity contribution < 1.29 is 29.3 Å². The number of aliphatic hydroxyl groups is 1. The molecule has 0 aliphatic carbocycles. The van der Waals surface area contributed by atoms with Gasteiger partial charge in [0, 0.05) is 38.3 Å². The van der Waals surface area contributed by atoms with Crippen LogP contribution in [0.25, 0.3) is 0 Å². The Kier molecular flexibility index (Phi) is 7.21. The molecule has 9 nitrogen and oxygen atoms in total.